The summed E-state index contributed by atoms with van der Waals surface area (Å²) in [6.45, 7) is 2.82. The molecule has 1 saturated heterocycles. The minimum Gasteiger partial charge on any atom is -0.396 e. The standard InChI is InChI=1S/C12H23NO/c14-10-11-5-4-8-13(9-11)12-6-2-1-3-7-12/h11-12,14H,1-10H2/t11-/m1/s1. The molecule has 0 spiro atoms. The van der Waals surface area contributed by atoms with Gasteiger partial charge in [0, 0.05) is 19.2 Å². The van der Waals surface area contributed by atoms with Crippen LogP contribution in [0.3, 0.4) is 0 Å². The number of rotatable bonds is 2. The van der Waals surface area contributed by atoms with E-state index < -0.39 is 0 Å². The summed E-state index contributed by atoms with van der Waals surface area (Å²) >= 11 is 0. The molecule has 1 N–H and O–H groups in total. The zero-order valence-electron chi connectivity index (χ0n) is 9.12. The Morgan fingerprint density at radius 2 is 1.79 bits per heavy atom. The number of aliphatic hydroxyl groups excluding tert-OH is 1. The average Bonchev–Trinajstić information content (AvgIpc) is 2.30. The predicted molar refractivity (Wildman–Crippen MR) is 58.3 cm³/mol. The van der Waals surface area contributed by atoms with Crippen molar-refractivity contribution in [3.05, 3.63) is 0 Å². The topological polar surface area (TPSA) is 23.5 Å². The summed E-state index contributed by atoms with van der Waals surface area (Å²) in [5, 5.41) is 9.18. The molecular weight excluding hydrogens is 174 g/mol. The summed E-state index contributed by atoms with van der Waals surface area (Å²) in [5.41, 5.74) is 0. The Bertz CT molecular complexity index is 166. The van der Waals surface area contributed by atoms with Gasteiger partial charge >= 0.3 is 0 Å². The third kappa shape index (κ3) is 2.48. The Kier molecular flexibility index (Phi) is 3.82. The van der Waals surface area contributed by atoms with Crippen molar-refractivity contribution in [2.24, 2.45) is 5.92 Å². The zero-order chi connectivity index (χ0) is 9.80. The van der Waals surface area contributed by atoms with Crippen molar-refractivity contribution >= 4 is 0 Å². The molecule has 1 heterocycles. The van der Waals surface area contributed by atoms with Crippen molar-refractivity contribution < 1.29 is 5.11 Å². The molecule has 82 valence electrons. The summed E-state index contributed by atoms with van der Waals surface area (Å²) in [7, 11) is 0. The summed E-state index contributed by atoms with van der Waals surface area (Å²) < 4.78 is 0. The van der Waals surface area contributed by atoms with Crippen LogP contribution in [0.2, 0.25) is 0 Å². The normalized spacial score (nSPS) is 31.9. The number of hydrogen-bond acceptors (Lipinski definition) is 2. The average molecular weight is 197 g/mol. The molecule has 1 saturated carbocycles. The highest BCUT2D eigenvalue weighted by Crippen LogP contribution is 2.26. The van der Waals surface area contributed by atoms with E-state index >= 15 is 0 Å². The van der Waals surface area contributed by atoms with E-state index in [4.69, 9.17) is 0 Å². The molecule has 2 heteroatoms. The summed E-state index contributed by atoms with van der Waals surface area (Å²) in [5.74, 6) is 0.561. The minimum atomic E-state index is 0.392. The quantitative estimate of drug-likeness (QED) is 0.732. The maximum absolute atomic E-state index is 9.18. The summed E-state index contributed by atoms with van der Waals surface area (Å²) in [6.07, 6.45) is 9.61. The number of piperidine rings is 1. The molecule has 0 bridgehead atoms. The monoisotopic (exact) mass is 197 g/mol. The second-order valence-electron chi connectivity index (χ2n) is 4.98. The van der Waals surface area contributed by atoms with Gasteiger partial charge in [-0.05, 0) is 38.1 Å². The molecule has 0 aromatic carbocycles. The lowest BCUT2D eigenvalue weighted by molar-refractivity contribution is 0.0723. The second-order valence-corrected chi connectivity index (χ2v) is 4.98. The maximum Gasteiger partial charge on any atom is 0.0471 e. The van der Waals surface area contributed by atoms with Gasteiger partial charge in [-0.15, -0.1) is 0 Å². The van der Waals surface area contributed by atoms with E-state index in [1.807, 2.05) is 0 Å². The van der Waals surface area contributed by atoms with Gasteiger partial charge in [-0.25, -0.2) is 0 Å². The van der Waals surface area contributed by atoms with Gasteiger partial charge in [-0.1, -0.05) is 19.3 Å². The van der Waals surface area contributed by atoms with Gasteiger partial charge in [0.05, 0.1) is 0 Å². The van der Waals surface area contributed by atoms with E-state index in [9.17, 15) is 5.11 Å². The van der Waals surface area contributed by atoms with Crippen molar-refractivity contribution in [1.29, 1.82) is 0 Å². The van der Waals surface area contributed by atoms with Gasteiger partial charge in [0.25, 0.3) is 0 Å². The molecule has 0 aromatic rings. The molecule has 0 aromatic heterocycles. The van der Waals surface area contributed by atoms with Gasteiger partial charge in [0.1, 0.15) is 0 Å². The highest BCUT2D eigenvalue weighted by atomic mass is 16.3. The Morgan fingerprint density at radius 1 is 1.00 bits per heavy atom. The molecule has 1 aliphatic carbocycles. The van der Waals surface area contributed by atoms with Gasteiger partial charge in [-0.2, -0.15) is 0 Å². The lowest BCUT2D eigenvalue weighted by atomic mass is 9.90. The summed E-state index contributed by atoms with van der Waals surface area (Å²) in [6, 6.07) is 0.845. The van der Waals surface area contributed by atoms with Crippen LogP contribution in [-0.4, -0.2) is 35.7 Å². The molecule has 1 aliphatic heterocycles. The first-order chi connectivity index (χ1) is 6.90. The van der Waals surface area contributed by atoms with E-state index in [1.165, 1.54) is 51.5 Å². The fraction of sp³-hybridized carbons (Fsp3) is 1.00. The Hall–Kier alpha value is -0.0800. The first-order valence-electron chi connectivity index (χ1n) is 6.25. The molecule has 1 atom stereocenters. The van der Waals surface area contributed by atoms with Crippen molar-refractivity contribution in [2.45, 2.75) is 51.0 Å². The van der Waals surface area contributed by atoms with Crippen LogP contribution in [0.4, 0.5) is 0 Å². The zero-order valence-corrected chi connectivity index (χ0v) is 9.12. The number of hydrogen-bond donors (Lipinski definition) is 1. The molecular formula is C12H23NO. The Balaban J connectivity index is 1.83. The van der Waals surface area contributed by atoms with Crippen molar-refractivity contribution in [3.63, 3.8) is 0 Å². The fourth-order valence-electron chi connectivity index (χ4n) is 3.02. The van der Waals surface area contributed by atoms with Crippen LogP contribution in [0.15, 0.2) is 0 Å². The van der Waals surface area contributed by atoms with Crippen LogP contribution >= 0.6 is 0 Å². The van der Waals surface area contributed by atoms with E-state index in [1.54, 1.807) is 0 Å². The van der Waals surface area contributed by atoms with Crippen molar-refractivity contribution in [3.8, 4) is 0 Å². The number of aliphatic hydroxyl groups is 1. The predicted octanol–water partition coefficient (Wildman–Crippen LogP) is 2.02. The molecule has 2 fully saturated rings. The summed E-state index contributed by atoms with van der Waals surface area (Å²) in [4.78, 5) is 2.64. The van der Waals surface area contributed by atoms with Crippen molar-refractivity contribution in [1.82, 2.24) is 4.90 Å². The minimum absolute atomic E-state index is 0.392. The highest BCUT2D eigenvalue weighted by Gasteiger charge is 2.26. The highest BCUT2D eigenvalue weighted by molar-refractivity contribution is 4.81. The first-order valence-corrected chi connectivity index (χ1v) is 6.25. The Morgan fingerprint density at radius 3 is 2.50 bits per heavy atom. The number of nitrogens with zero attached hydrogens (tertiary/aromatic N) is 1. The van der Waals surface area contributed by atoms with Crippen LogP contribution < -0.4 is 0 Å². The van der Waals surface area contributed by atoms with E-state index in [0.717, 1.165) is 12.6 Å². The third-order valence-corrected chi connectivity index (χ3v) is 3.90. The molecule has 2 nitrogen and oxygen atoms in total. The van der Waals surface area contributed by atoms with E-state index in [0.29, 0.717) is 12.5 Å². The molecule has 2 rings (SSSR count). The molecule has 0 amide bonds. The second kappa shape index (κ2) is 5.13. The van der Waals surface area contributed by atoms with Gasteiger partial charge < -0.3 is 10.0 Å². The van der Waals surface area contributed by atoms with Gasteiger partial charge in [0.15, 0.2) is 0 Å². The molecule has 0 radical (unpaired) electrons. The lowest BCUT2D eigenvalue weighted by Gasteiger charge is -2.39. The van der Waals surface area contributed by atoms with E-state index in [2.05, 4.69) is 4.90 Å². The largest absolute Gasteiger partial charge is 0.396 e. The SMILES string of the molecule is OC[C@@H]1CCCN(C2CCCCC2)C1. The lowest BCUT2D eigenvalue weighted by Crippen LogP contribution is -2.44. The van der Waals surface area contributed by atoms with E-state index in [-0.39, 0.29) is 0 Å². The van der Waals surface area contributed by atoms with Gasteiger partial charge in [-0.3, -0.25) is 0 Å². The first kappa shape index (κ1) is 10.4. The Labute approximate surface area is 87.3 Å². The van der Waals surface area contributed by atoms with Crippen LogP contribution in [-0.2, 0) is 0 Å². The van der Waals surface area contributed by atoms with Gasteiger partial charge in [0.2, 0.25) is 0 Å². The third-order valence-electron chi connectivity index (χ3n) is 3.90. The smallest absolute Gasteiger partial charge is 0.0471 e. The number of likely N-dealkylation sites (tertiary alicyclic amines) is 1. The van der Waals surface area contributed by atoms with Crippen LogP contribution in [0, 0.1) is 5.92 Å². The van der Waals surface area contributed by atoms with Crippen LogP contribution in [0.1, 0.15) is 44.9 Å². The fourth-order valence-corrected chi connectivity index (χ4v) is 3.02. The molecule has 0 unspecified atom stereocenters. The van der Waals surface area contributed by atoms with Crippen LogP contribution in [0.25, 0.3) is 0 Å². The van der Waals surface area contributed by atoms with Crippen LogP contribution in [0.5, 0.6) is 0 Å². The molecule has 14 heavy (non-hydrogen) atoms. The maximum atomic E-state index is 9.18. The van der Waals surface area contributed by atoms with Crippen molar-refractivity contribution in [2.75, 3.05) is 19.7 Å². The molecule has 2 aliphatic rings.